The van der Waals surface area contributed by atoms with E-state index in [2.05, 4.69) is 15.5 Å². The maximum atomic E-state index is 13.2. The van der Waals surface area contributed by atoms with Gasteiger partial charge < -0.3 is 5.32 Å². The molecule has 4 aromatic rings. The van der Waals surface area contributed by atoms with Crippen LogP contribution in [0.25, 0.3) is 17.1 Å². The van der Waals surface area contributed by atoms with Crippen LogP contribution in [0.3, 0.4) is 0 Å². The van der Waals surface area contributed by atoms with E-state index < -0.39 is 17.6 Å². The number of thioether (sulfide) groups is 1. The van der Waals surface area contributed by atoms with Crippen LogP contribution in [-0.2, 0) is 11.0 Å². The summed E-state index contributed by atoms with van der Waals surface area (Å²) in [6.07, 6.45) is -4.57. The first kappa shape index (κ1) is 23.8. The molecule has 3 aromatic carbocycles. The van der Waals surface area contributed by atoms with E-state index in [1.807, 2.05) is 49.4 Å². The van der Waals surface area contributed by atoms with Crippen molar-refractivity contribution in [2.45, 2.75) is 18.3 Å². The fourth-order valence-electron chi connectivity index (χ4n) is 3.25. The zero-order valence-electron chi connectivity index (χ0n) is 17.8. The highest BCUT2D eigenvalue weighted by atomic mass is 35.5. The first-order valence-corrected chi connectivity index (χ1v) is 11.5. The van der Waals surface area contributed by atoms with Crippen molar-refractivity contribution < 1.29 is 18.0 Å². The first-order chi connectivity index (χ1) is 16.2. The van der Waals surface area contributed by atoms with Gasteiger partial charge in [0.25, 0.3) is 0 Å². The Morgan fingerprint density at radius 1 is 1.03 bits per heavy atom. The summed E-state index contributed by atoms with van der Waals surface area (Å²) in [6, 6.07) is 19.7. The molecular formula is C24H18ClF3N4OS. The highest BCUT2D eigenvalue weighted by Gasteiger charge is 2.33. The lowest BCUT2D eigenvalue weighted by molar-refractivity contribution is -0.137. The lowest BCUT2D eigenvalue weighted by Crippen LogP contribution is -2.18. The number of para-hydroxylation sites is 2. The minimum Gasteiger partial charge on any atom is -0.325 e. The van der Waals surface area contributed by atoms with Crippen molar-refractivity contribution >= 4 is 35.0 Å². The van der Waals surface area contributed by atoms with Gasteiger partial charge in [0.15, 0.2) is 11.0 Å². The number of amides is 1. The largest absolute Gasteiger partial charge is 0.418 e. The number of aromatic nitrogens is 3. The molecule has 4 rings (SSSR count). The van der Waals surface area contributed by atoms with E-state index in [1.165, 1.54) is 18.2 Å². The Balaban J connectivity index is 1.60. The highest BCUT2D eigenvalue weighted by Crippen LogP contribution is 2.35. The molecule has 1 heterocycles. The van der Waals surface area contributed by atoms with Gasteiger partial charge in [-0.25, -0.2) is 0 Å². The molecule has 10 heteroatoms. The average Bonchev–Trinajstić information content (AvgIpc) is 3.24. The predicted molar refractivity (Wildman–Crippen MR) is 127 cm³/mol. The smallest absolute Gasteiger partial charge is 0.325 e. The molecule has 0 aliphatic rings. The van der Waals surface area contributed by atoms with Crippen LogP contribution in [0.2, 0.25) is 5.02 Å². The number of nitrogens with one attached hydrogen (secondary N) is 1. The van der Waals surface area contributed by atoms with E-state index in [0.29, 0.717) is 16.0 Å². The number of aryl methyl sites for hydroxylation is 1. The molecule has 1 N–H and O–H groups in total. The third-order valence-corrected chi connectivity index (χ3v) is 6.25. The SMILES string of the molecule is Cc1ccc(-c2nnc(SCC(=O)Nc3ccccc3C(F)(F)F)n2-c2ccccc2)cc1Cl. The molecule has 0 fully saturated rings. The van der Waals surface area contributed by atoms with E-state index in [0.717, 1.165) is 34.6 Å². The summed E-state index contributed by atoms with van der Waals surface area (Å²) in [5.74, 6) is -0.228. The Hall–Kier alpha value is -3.30. The van der Waals surface area contributed by atoms with Crippen LogP contribution in [0, 0.1) is 6.92 Å². The van der Waals surface area contributed by atoms with Crippen molar-refractivity contribution in [3.8, 4) is 17.1 Å². The van der Waals surface area contributed by atoms with Crippen LogP contribution >= 0.6 is 23.4 Å². The van der Waals surface area contributed by atoms with Crippen molar-refractivity contribution in [3.63, 3.8) is 0 Å². The molecule has 0 aliphatic carbocycles. The number of carbonyl (C=O) groups is 1. The van der Waals surface area contributed by atoms with Gasteiger partial charge in [0, 0.05) is 16.3 Å². The average molecular weight is 503 g/mol. The van der Waals surface area contributed by atoms with Crippen LogP contribution in [0.1, 0.15) is 11.1 Å². The number of anilines is 1. The second-order valence-electron chi connectivity index (χ2n) is 7.32. The van der Waals surface area contributed by atoms with Crippen molar-refractivity contribution in [2.75, 3.05) is 11.1 Å². The number of carbonyl (C=O) groups excluding carboxylic acids is 1. The molecule has 0 bridgehead atoms. The second-order valence-corrected chi connectivity index (χ2v) is 8.67. The molecular weight excluding hydrogens is 485 g/mol. The topological polar surface area (TPSA) is 59.8 Å². The standard InChI is InChI=1S/C24H18ClF3N4OS/c1-15-11-12-16(13-19(15)25)22-30-31-23(32(22)17-7-3-2-4-8-17)34-14-21(33)29-20-10-6-5-9-18(20)24(26,27)28/h2-13H,14H2,1H3,(H,29,33). The molecule has 0 saturated heterocycles. The molecule has 174 valence electrons. The van der Waals surface area contributed by atoms with Gasteiger partial charge in [0.2, 0.25) is 5.91 Å². The summed E-state index contributed by atoms with van der Waals surface area (Å²) >= 11 is 7.37. The van der Waals surface area contributed by atoms with Crippen LogP contribution in [0.5, 0.6) is 0 Å². The predicted octanol–water partition coefficient (Wildman–Crippen LogP) is 6.65. The number of rotatable bonds is 6. The monoisotopic (exact) mass is 502 g/mol. The van der Waals surface area contributed by atoms with Crippen LogP contribution in [0.4, 0.5) is 18.9 Å². The zero-order chi connectivity index (χ0) is 24.3. The number of halogens is 4. The number of nitrogens with zero attached hydrogens (tertiary/aromatic N) is 3. The molecule has 1 aromatic heterocycles. The van der Waals surface area contributed by atoms with Crippen molar-refractivity contribution in [1.82, 2.24) is 14.8 Å². The van der Waals surface area contributed by atoms with E-state index in [-0.39, 0.29) is 11.4 Å². The second kappa shape index (κ2) is 9.90. The van der Waals surface area contributed by atoms with Crippen molar-refractivity contribution in [2.24, 2.45) is 0 Å². The zero-order valence-corrected chi connectivity index (χ0v) is 19.4. The van der Waals surface area contributed by atoms with Gasteiger partial charge in [-0.1, -0.05) is 65.8 Å². The Kier molecular flexibility index (Phi) is 6.95. The van der Waals surface area contributed by atoms with Gasteiger partial charge in [-0.2, -0.15) is 13.2 Å². The number of hydrogen-bond acceptors (Lipinski definition) is 4. The third-order valence-electron chi connectivity index (χ3n) is 4.92. The molecule has 0 aliphatic heterocycles. The van der Waals surface area contributed by atoms with E-state index >= 15 is 0 Å². The van der Waals surface area contributed by atoms with Gasteiger partial charge in [0.05, 0.1) is 17.0 Å². The maximum absolute atomic E-state index is 13.2. The van der Waals surface area contributed by atoms with Gasteiger partial charge in [-0.15, -0.1) is 10.2 Å². The fraction of sp³-hybridized carbons (Fsp3) is 0.125. The summed E-state index contributed by atoms with van der Waals surface area (Å²) < 4.78 is 41.4. The molecule has 34 heavy (non-hydrogen) atoms. The minimum absolute atomic E-state index is 0.161. The molecule has 1 amide bonds. The molecule has 0 spiro atoms. The highest BCUT2D eigenvalue weighted by molar-refractivity contribution is 7.99. The summed E-state index contributed by atoms with van der Waals surface area (Å²) in [5.41, 5.74) is 1.23. The van der Waals surface area contributed by atoms with Gasteiger partial charge >= 0.3 is 6.18 Å². The first-order valence-electron chi connectivity index (χ1n) is 10.1. The summed E-state index contributed by atoms with van der Waals surface area (Å²) in [5, 5.41) is 11.9. The Bertz CT molecular complexity index is 1330. The lowest BCUT2D eigenvalue weighted by Gasteiger charge is -2.13. The van der Waals surface area contributed by atoms with Gasteiger partial charge in [-0.05, 0) is 42.8 Å². The van der Waals surface area contributed by atoms with E-state index in [1.54, 1.807) is 10.6 Å². The van der Waals surface area contributed by atoms with E-state index in [4.69, 9.17) is 11.6 Å². The molecule has 0 saturated carbocycles. The van der Waals surface area contributed by atoms with Gasteiger partial charge in [0.1, 0.15) is 0 Å². The number of alkyl halides is 3. The molecule has 0 atom stereocenters. The Labute approximate surface area is 203 Å². The summed E-state index contributed by atoms with van der Waals surface area (Å²) in [7, 11) is 0. The number of benzene rings is 3. The summed E-state index contributed by atoms with van der Waals surface area (Å²) in [4.78, 5) is 12.5. The molecule has 5 nitrogen and oxygen atoms in total. The van der Waals surface area contributed by atoms with Crippen LogP contribution in [-0.4, -0.2) is 26.4 Å². The Morgan fingerprint density at radius 2 is 1.74 bits per heavy atom. The minimum atomic E-state index is -4.57. The molecule has 0 unspecified atom stereocenters. The van der Waals surface area contributed by atoms with Gasteiger partial charge in [-0.3, -0.25) is 9.36 Å². The molecule has 0 radical (unpaired) electrons. The Morgan fingerprint density at radius 3 is 2.44 bits per heavy atom. The fourth-order valence-corrected chi connectivity index (χ4v) is 4.18. The summed E-state index contributed by atoms with van der Waals surface area (Å²) in [6.45, 7) is 1.89. The quantitative estimate of drug-likeness (QED) is 0.300. The number of hydrogen-bond donors (Lipinski definition) is 1. The van der Waals surface area contributed by atoms with Crippen molar-refractivity contribution in [1.29, 1.82) is 0 Å². The third kappa shape index (κ3) is 5.26. The van der Waals surface area contributed by atoms with E-state index in [9.17, 15) is 18.0 Å². The van der Waals surface area contributed by atoms with Crippen LogP contribution in [0.15, 0.2) is 78.0 Å². The van der Waals surface area contributed by atoms with Crippen LogP contribution < -0.4 is 5.32 Å². The van der Waals surface area contributed by atoms with Crippen molar-refractivity contribution in [3.05, 3.63) is 88.9 Å². The normalized spacial score (nSPS) is 11.4. The lowest BCUT2D eigenvalue weighted by atomic mass is 10.1. The maximum Gasteiger partial charge on any atom is 0.418 e.